The number of ether oxygens (including phenoxy) is 1. The predicted molar refractivity (Wildman–Crippen MR) is 146 cm³/mol. The average molecular weight is 582 g/mol. The number of hydrogen-bond acceptors (Lipinski definition) is 7. The Morgan fingerprint density at radius 2 is 1.59 bits per heavy atom. The van der Waals surface area contributed by atoms with Crippen LogP contribution in [0.5, 0.6) is 5.75 Å². The van der Waals surface area contributed by atoms with Crippen LogP contribution < -0.4 is 10.2 Å². The van der Waals surface area contributed by atoms with Crippen molar-refractivity contribution >= 4 is 34.1 Å². The molecule has 2 amide bonds. The SMILES string of the molecule is CN(COc1ccc(S(=O)(=O)C2(C(=O)NO)CCN(C3CC3)CC2)cc1)C(=O)C1C2CC3CC(C2)CC1C3.Cl. The van der Waals surface area contributed by atoms with E-state index in [1.54, 1.807) is 29.6 Å². The summed E-state index contributed by atoms with van der Waals surface area (Å²) < 4.78 is 31.5. The van der Waals surface area contributed by atoms with Crippen LogP contribution in [0.4, 0.5) is 0 Å². The van der Waals surface area contributed by atoms with E-state index in [2.05, 4.69) is 4.90 Å². The molecule has 5 saturated carbocycles. The second-order valence-electron chi connectivity index (χ2n) is 12.4. The number of nitrogens with zero attached hydrogens (tertiary/aromatic N) is 2. The number of hydrogen-bond donors (Lipinski definition) is 2. The molecule has 1 aromatic rings. The van der Waals surface area contributed by atoms with E-state index in [1.165, 1.54) is 44.2 Å². The molecular weight excluding hydrogens is 542 g/mol. The maximum absolute atomic E-state index is 13.7. The first-order valence-corrected chi connectivity index (χ1v) is 15.6. The van der Waals surface area contributed by atoms with Crippen molar-refractivity contribution in [3.05, 3.63) is 24.3 Å². The summed E-state index contributed by atoms with van der Waals surface area (Å²) in [4.78, 5) is 29.9. The minimum absolute atomic E-state index is 0. The van der Waals surface area contributed by atoms with Gasteiger partial charge in [0.05, 0.1) is 4.90 Å². The monoisotopic (exact) mass is 581 g/mol. The van der Waals surface area contributed by atoms with Crippen LogP contribution in [0.2, 0.25) is 0 Å². The van der Waals surface area contributed by atoms with Gasteiger partial charge in [0.1, 0.15) is 5.75 Å². The Morgan fingerprint density at radius 3 is 2.10 bits per heavy atom. The van der Waals surface area contributed by atoms with Crippen molar-refractivity contribution in [3.63, 3.8) is 0 Å². The molecule has 0 aromatic heterocycles. The van der Waals surface area contributed by atoms with Gasteiger partial charge in [0.25, 0.3) is 5.91 Å². The Balaban J connectivity index is 0.00000308. The summed E-state index contributed by atoms with van der Waals surface area (Å²) in [7, 11) is -2.29. The first-order valence-electron chi connectivity index (χ1n) is 14.1. The van der Waals surface area contributed by atoms with E-state index < -0.39 is 20.5 Å². The highest BCUT2D eigenvalue weighted by Crippen LogP contribution is 2.56. The van der Waals surface area contributed by atoms with Crippen LogP contribution in [0.25, 0.3) is 0 Å². The molecule has 7 rings (SSSR count). The number of piperidine rings is 1. The van der Waals surface area contributed by atoms with Gasteiger partial charge in [-0.1, -0.05) is 0 Å². The van der Waals surface area contributed by atoms with Gasteiger partial charge in [0.15, 0.2) is 21.3 Å². The fourth-order valence-electron chi connectivity index (χ4n) is 8.17. The number of benzene rings is 1. The summed E-state index contributed by atoms with van der Waals surface area (Å²) in [5, 5.41) is 9.39. The largest absolute Gasteiger partial charge is 0.473 e. The second-order valence-corrected chi connectivity index (χ2v) is 14.7. The van der Waals surface area contributed by atoms with Crippen LogP contribution in [0.3, 0.4) is 0 Å². The first kappa shape index (κ1) is 28.6. The molecular formula is C28H40ClN3O6S. The van der Waals surface area contributed by atoms with E-state index in [4.69, 9.17) is 4.74 Å². The summed E-state index contributed by atoms with van der Waals surface area (Å²) in [6, 6.07) is 6.52. The third kappa shape index (κ3) is 5.06. The van der Waals surface area contributed by atoms with E-state index in [-0.39, 0.29) is 48.7 Å². The van der Waals surface area contributed by atoms with Gasteiger partial charge in [-0.2, -0.15) is 0 Å². The van der Waals surface area contributed by atoms with E-state index in [0.717, 1.165) is 24.7 Å². The van der Waals surface area contributed by atoms with Crippen molar-refractivity contribution < 1.29 is 28.0 Å². The lowest BCUT2D eigenvalue weighted by Gasteiger charge is -2.54. The van der Waals surface area contributed by atoms with Crippen LogP contribution in [0, 0.1) is 29.6 Å². The highest BCUT2D eigenvalue weighted by atomic mass is 35.5. The van der Waals surface area contributed by atoms with Crippen molar-refractivity contribution in [2.24, 2.45) is 29.6 Å². The number of sulfone groups is 1. The van der Waals surface area contributed by atoms with Crippen LogP contribution in [0.1, 0.15) is 57.8 Å². The highest BCUT2D eigenvalue weighted by molar-refractivity contribution is 7.93. The van der Waals surface area contributed by atoms with Gasteiger partial charge in [0.2, 0.25) is 5.91 Å². The Labute approximate surface area is 236 Å². The van der Waals surface area contributed by atoms with Crippen LogP contribution >= 0.6 is 12.4 Å². The molecule has 0 spiro atoms. The number of carbonyl (C=O) groups is 2. The molecule has 6 fully saturated rings. The van der Waals surface area contributed by atoms with Crippen LogP contribution in [-0.2, 0) is 19.4 Å². The van der Waals surface area contributed by atoms with Gasteiger partial charge < -0.3 is 14.5 Å². The Hall–Kier alpha value is -1.88. The molecule has 1 aromatic carbocycles. The summed E-state index contributed by atoms with van der Waals surface area (Å²) in [6.07, 6.45) is 8.56. The number of likely N-dealkylation sites (tertiary alicyclic amines) is 1. The lowest BCUT2D eigenvalue weighted by atomic mass is 9.51. The highest BCUT2D eigenvalue weighted by Gasteiger charge is 2.54. The van der Waals surface area contributed by atoms with Crippen LogP contribution in [-0.4, -0.2) is 72.9 Å². The molecule has 1 heterocycles. The van der Waals surface area contributed by atoms with E-state index in [9.17, 15) is 23.2 Å². The van der Waals surface area contributed by atoms with Crippen LogP contribution in [0.15, 0.2) is 29.2 Å². The summed E-state index contributed by atoms with van der Waals surface area (Å²) in [6.45, 7) is 1.10. The molecule has 216 valence electrons. The smallest absolute Gasteiger partial charge is 0.265 e. The molecule has 1 aliphatic heterocycles. The van der Waals surface area contributed by atoms with E-state index in [0.29, 0.717) is 36.7 Å². The fourth-order valence-corrected chi connectivity index (χ4v) is 10.1. The fraction of sp³-hybridized carbons (Fsp3) is 0.714. The van der Waals surface area contributed by atoms with Crippen molar-refractivity contribution in [3.8, 4) is 5.75 Å². The average Bonchev–Trinajstić information content (AvgIpc) is 3.76. The third-order valence-electron chi connectivity index (χ3n) is 10.1. The zero-order chi connectivity index (χ0) is 26.7. The maximum Gasteiger partial charge on any atom is 0.265 e. The quantitative estimate of drug-likeness (QED) is 0.275. The number of hydroxylamine groups is 1. The normalized spacial score (nSPS) is 31.3. The molecule has 2 N–H and O–H groups in total. The Morgan fingerprint density at radius 1 is 1.03 bits per heavy atom. The predicted octanol–water partition coefficient (Wildman–Crippen LogP) is 3.25. The van der Waals surface area contributed by atoms with Gasteiger partial charge in [-0.25, -0.2) is 13.9 Å². The van der Waals surface area contributed by atoms with Gasteiger partial charge in [-0.15, -0.1) is 12.4 Å². The molecule has 5 aliphatic carbocycles. The number of rotatable bonds is 8. The molecule has 39 heavy (non-hydrogen) atoms. The summed E-state index contributed by atoms with van der Waals surface area (Å²) in [5.41, 5.74) is 1.61. The number of carbonyl (C=O) groups excluding carboxylic acids is 2. The Kier molecular flexibility index (Phi) is 7.96. The minimum Gasteiger partial charge on any atom is -0.473 e. The molecule has 11 heteroatoms. The van der Waals surface area contributed by atoms with Crippen molar-refractivity contribution in [1.29, 1.82) is 0 Å². The maximum atomic E-state index is 13.7. The van der Waals surface area contributed by atoms with Gasteiger partial charge in [-0.3, -0.25) is 14.8 Å². The molecule has 0 atom stereocenters. The lowest BCUT2D eigenvalue weighted by molar-refractivity contribution is -0.150. The van der Waals surface area contributed by atoms with Gasteiger partial charge >= 0.3 is 0 Å². The van der Waals surface area contributed by atoms with Crippen molar-refractivity contribution in [2.75, 3.05) is 26.9 Å². The molecule has 4 bridgehead atoms. The first-order chi connectivity index (χ1) is 18.2. The van der Waals surface area contributed by atoms with Crippen molar-refractivity contribution in [1.82, 2.24) is 15.3 Å². The molecule has 6 aliphatic rings. The minimum atomic E-state index is -4.07. The molecule has 0 unspecified atom stereocenters. The zero-order valence-corrected chi connectivity index (χ0v) is 24.1. The topological polar surface area (TPSA) is 116 Å². The summed E-state index contributed by atoms with van der Waals surface area (Å²) in [5.74, 6) is 2.47. The van der Waals surface area contributed by atoms with E-state index >= 15 is 0 Å². The number of amides is 2. The second kappa shape index (κ2) is 10.8. The zero-order valence-electron chi connectivity index (χ0n) is 22.5. The Bertz CT molecular complexity index is 1150. The van der Waals surface area contributed by atoms with Gasteiger partial charge in [-0.05, 0) is 106 Å². The van der Waals surface area contributed by atoms with E-state index in [1.807, 2.05) is 0 Å². The third-order valence-corrected chi connectivity index (χ3v) is 12.7. The molecule has 1 saturated heterocycles. The number of nitrogens with one attached hydrogen (secondary N) is 1. The lowest BCUT2D eigenvalue weighted by Crippen LogP contribution is -2.58. The van der Waals surface area contributed by atoms with Gasteiger partial charge in [0, 0.05) is 32.1 Å². The van der Waals surface area contributed by atoms with Crippen molar-refractivity contribution in [2.45, 2.75) is 73.5 Å². The molecule has 0 radical (unpaired) electrons. The standard InChI is InChI=1S/C28H39N3O6S.ClH/c1-30(26(32)25-20-13-18-12-19(15-20)16-21(25)14-18)17-37-23-4-6-24(7-5-23)38(35,36)28(27(33)29-34)8-10-31(11-9-28)22-2-3-22;/h4-7,18-22,25,34H,2-3,8-17H2,1H3,(H,29,33);1H. The number of halogens is 1. The summed E-state index contributed by atoms with van der Waals surface area (Å²) >= 11 is 0. The molecule has 9 nitrogen and oxygen atoms in total.